The first kappa shape index (κ1) is 9.92. The van der Waals surface area contributed by atoms with Crippen molar-refractivity contribution in [1.29, 1.82) is 0 Å². The lowest BCUT2D eigenvalue weighted by Crippen LogP contribution is -2.10. The first-order valence-corrected chi connectivity index (χ1v) is 3.97. The van der Waals surface area contributed by atoms with E-state index in [-0.39, 0.29) is 6.61 Å². The molecule has 62 valence electrons. The number of hydrogen-bond donors (Lipinski definition) is 2. The molecule has 0 aromatic rings. The van der Waals surface area contributed by atoms with E-state index in [1.54, 1.807) is 6.92 Å². The summed E-state index contributed by atoms with van der Waals surface area (Å²) in [6, 6.07) is 0.819. The van der Waals surface area contributed by atoms with E-state index in [1.165, 1.54) is 0 Å². The van der Waals surface area contributed by atoms with Crippen LogP contribution in [0.25, 0.3) is 0 Å². The summed E-state index contributed by atoms with van der Waals surface area (Å²) in [4.78, 5) is 0. The van der Waals surface area contributed by atoms with Crippen molar-refractivity contribution >= 4 is 0 Å². The van der Waals surface area contributed by atoms with Gasteiger partial charge in [-0.05, 0) is 25.8 Å². The van der Waals surface area contributed by atoms with Crippen LogP contribution in [0.2, 0.25) is 0 Å². The summed E-state index contributed by atoms with van der Waals surface area (Å²) in [5.74, 6) is 1.84. The normalized spacial score (nSPS) is 36.3. The Morgan fingerprint density at radius 1 is 1.30 bits per heavy atom. The molecule has 0 bridgehead atoms. The van der Waals surface area contributed by atoms with Gasteiger partial charge in [-0.2, -0.15) is 0 Å². The van der Waals surface area contributed by atoms with E-state index in [1.807, 2.05) is 7.05 Å². The molecule has 0 aromatic carbocycles. The second-order valence-corrected chi connectivity index (χ2v) is 2.85. The van der Waals surface area contributed by atoms with Gasteiger partial charge in [-0.3, -0.25) is 0 Å². The van der Waals surface area contributed by atoms with Crippen LogP contribution in [0.15, 0.2) is 0 Å². The Morgan fingerprint density at radius 3 is 1.60 bits per heavy atom. The molecule has 0 spiro atoms. The number of aliphatic hydroxyl groups excluding tert-OH is 1. The van der Waals surface area contributed by atoms with E-state index in [0.717, 1.165) is 17.9 Å². The summed E-state index contributed by atoms with van der Waals surface area (Å²) in [6.45, 7) is 6.50. The van der Waals surface area contributed by atoms with Gasteiger partial charge in [-0.15, -0.1) is 0 Å². The molecule has 0 saturated heterocycles. The highest BCUT2D eigenvalue weighted by molar-refractivity contribution is 4.96. The van der Waals surface area contributed by atoms with Crippen molar-refractivity contribution in [3.63, 3.8) is 0 Å². The summed E-state index contributed by atoms with van der Waals surface area (Å²) in [6.07, 6.45) is 0. The van der Waals surface area contributed by atoms with Crippen molar-refractivity contribution in [3.05, 3.63) is 0 Å². The van der Waals surface area contributed by atoms with E-state index in [4.69, 9.17) is 5.11 Å². The second-order valence-electron chi connectivity index (χ2n) is 2.85. The van der Waals surface area contributed by atoms with Gasteiger partial charge in [0.05, 0.1) is 0 Å². The highest BCUT2D eigenvalue weighted by atomic mass is 16.2. The summed E-state index contributed by atoms with van der Waals surface area (Å²) in [5.41, 5.74) is 0. The fourth-order valence-corrected chi connectivity index (χ4v) is 1.19. The third kappa shape index (κ3) is 2.67. The van der Waals surface area contributed by atoms with Gasteiger partial charge < -0.3 is 10.4 Å². The van der Waals surface area contributed by atoms with Crippen LogP contribution >= 0.6 is 0 Å². The molecule has 1 aliphatic carbocycles. The van der Waals surface area contributed by atoms with Gasteiger partial charge in [0, 0.05) is 12.6 Å². The molecule has 1 aliphatic rings. The quantitative estimate of drug-likeness (QED) is 0.573. The molecule has 2 nitrogen and oxygen atoms in total. The van der Waals surface area contributed by atoms with E-state index in [9.17, 15) is 0 Å². The molecule has 2 unspecified atom stereocenters. The van der Waals surface area contributed by atoms with Gasteiger partial charge in [0.15, 0.2) is 0 Å². The Balaban J connectivity index is 0.000000236. The average Bonchev–Trinajstić information content (AvgIpc) is 2.43. The van der Waals surface area contributed by atoms with Gasteiger partial charge in [0.1, 0.15) is 0 Å². The Morgan fingerprint density at radius 2 is 1.60 bits per heavy atom. The number of aliphatic hydroxyl groups is 1. The largest absolute Gasteiger partial charge is 0.397 e. The van der Waals surface area contributed by atoms with Gasteiger partial charge in [-0.25, -0.2) is 0 Å². The SMILES string of the molecule is CCO.CNC1C(C)C1C. The molecule has 0 aliphatic heterocycles. The molecular weight excluding hydrogens is 126 g/mol. The predicted molar refractivity (Wildman–Crippen MR) is 43.9 cm³/mol. The topological polar surface area (TPSA) is 32.3 Å². The minimum Gasteiger partial charge on any atom is -0.397 e. The zero-order valence-electron chi connectivity index (χ0n) is 7.39. The first-order chi connectivity index (χ1) is 4.68. The van der Waals surface area contributed by atoms with Crippen molar-refractivity contribution in [2.75, 3.05) is 13.7 Å². The third-order valence-electron chi connectivity index (χ3n) is 2.15. The van der Waals surface area contributed by atoms with Crippen LogP contribution < -0.4 is 5.32 Å². The average molecular weight is 145 g/mol. The van der Waals surface area contributed by atoms with Crippen LogP contribution in [0.3, 0.4) is 0 Å². The van der Waals surface area contributed by atoms with Crippen molar-refractivity contribution in [1.82, 2.24) is 5.32 Å². The van der Waals surface area contributed by atoms with Crippen molar-refractivity contribution in [3.8, 4) is 0 Å². The van der Waals surface area contributed by atoms with Crippen LogP contribution in [-0.2, 0) is 0 Å². The highest BCUT2D eigenvalue weighted by Crippen LogP contribution is 2.36. The summed E-state index contributed by atoms with van der Waals surface area (Å²) >= 11 is 0. The van der Waals surface area contributed by atoms with E-state index in [2.05, 4.69) is 19.2 Å². The number of nitrogens with one attached hydrogen (secondary N) is 1. The van der Waals surface area contributed by atoms with Crippen molar-refractivity contribution in [2.24, 2.45) is 11.8 Å². The Hall–Kier alpha value is -0.0800. The lowest BCUT2D eigenvalue weighted by molar-refractivity contribution is 0.318. The van der Waals surface area contributed by atoms with Crippen molar-refractivity contribution in [2.45, 2.75) is 26.8 Å². The molecule has 0 amide bonds. The standard InChI is InChI=1S/C6H13N.C2H6O/c1-4-5(2)6(4)7-3;1-2-3/h4-7H,1-3H3;3H,2H2,1H3. The number of rotatable bonds is 1. The Kier molecular flexibility index (Phi) is 4.65. The molecule has 2 heteroatoms. The molecular formula is C8H19NO. The molecule has 0 heterocycles. The maximum absolute atomic E-state index is 7.57. The zero-order valence-corrected chi connectivity index (χ0v) is 7.39. The van der Waals surface area contributed by atoms with Crippen LogP contribution in [0.5, 0.6) is 0 Å². The maximum atomic E-state index is 7.57. The monoisotopic (exact) mass is 145 g/mol. The molecule has 1 fully saturated rings. The van der Waals surface area contributed by atoms with Crippen LogP contribution in [0, 0.1) is 11.8 Å². The molecule has 0 aromatic heterocycles. The van der Waals surface area contributed by atoms with Crippen LogP contribution in [0.1, 0.15) is 20.8 Å². The Labute approximate surface area is 63.6 Å². The fourth-order valence-electron chi connectivity index (χ4n) is 1.19. The summed E-state index contributed by atoms with van der Waals surface area (Å²) in [5, 5.41) is 10.8. The summed E-state index contributed by atoms with van der Waals surface area (Å²) < 4.78 is 0. The fraction of sp³-hybridized carbons (Fsp3) is 1.00. The lowest BCUT2D eigenvalue weighted by Gasteiger charge is -1.86. The summed E-state index contributed by atoms with van der Waals surface area (Å²) in [7, 11) is 2.03. The zero-order chi connectivity index (χ0) is 8.15. The molecule has 2 atom stereocenters. The molecule has 0 radical (unpaired) electrons. The van der Waals surface area contributed by atoms with Gasteiger partial charge in [0.25, 0.3) is 0 Å². The maximum Gasteiger partial charge on any atom is 0.0402 e. The minimum absolute atomic E-state index is 0.250. The molecule has 1 saturated carbocycles. The molecule has 2 N–H and O–H groups in total. The Bertz CT molecular complexity index is 77.3. The van der Waals surface area contributed by atoms with E-state index < -0.39 is 0 Å². The van der Waals surface area contributed by atoms with Gasteiger partial charge >= 0.3 is 0 Å². The highest BCUT2D eigenvalue weighted by Gasteiger charge is 2.41. The smallest absolute Gasteiger partial charge is 0.0402 e. The van der Waals surface area contributed by atoms with Crippen molar-refractivity contribution < 1.29 is 5.11 Å². The van der Waals surface area contributed by atoms with Gasteiger partial charge in [-0.1, -0.05) is 13.8 Å². The second kappa shape index (κ2) is 4.69. The van der Waals surface area contributed by atoms with Crippen LogP contribution in [-0.4, -0.2) is 24.8 Å². The van der Waals surface area contributed by atoms with Crippen LogP contribution in [0.4, 0.5) is 0 Å². The minimum atomic E-state index is 0.250. The third-order valence-corrected chi connectivity index (χ3v) is 2.15. The lowest BCUT2D eigenvalue weighted by atomic mass is 10.4. The van der Waals surface area contributed by atoms with Gasteiger partial charge in [0.2, 0.25) is 0 Å². The predicted octanol–water partition coefficient (Wildman–Crippen LogP) is 0.859. The molecule has 1 rings (SSSR count). The molecule has 10 heavy (non-hydrogen) atoms. The first-order valence-electron chi connectivity index (χ1n) is 3.97. The van der Waals surface area contributed by atoms with E-state index >= 15 is 0 Å². The van der Waals surface area contributed by atoms with E-state index in [0.29, 0.717) is 0 Å². The number of hydrogen-bond acceptors (Lipinski definition) is 2.